The van der Waals surface area contributed by atoms with Crippen molar-refractivity contribution in [1.82, 2.24) is 5.32 Å². The molecule has 6 nitrogen and oxygen atoms in total. The summed E-state index contributed by atoms with van der Waals surface area (Å²) in [6, 6.07) is 16.1. The fraction of sp³-hybridized carbons (Fsp3) is 0.381. The van der Waals surface area contributed by atoms with Crippen molar-refractivity contribution in [3.05, 3.63) is 59.7 Å². The Morgan fingerprint density at radius 1 is 0.964 bits per heavy atom. The topological polar surface area (TPSA) is 64.1 Å². The molecule has 0 aliphatic heterocycles. The standard InChI is InChI=1S/C21H29N3O3.HI/c1-22-21(23-15-17-8-10-18(11-9-17)16-26-3)24-19-6-4-7-20(14-19)27-13-5-12-25-2;/h4,6-11,14H,5,12-13,15-16H2,1-3H3,(H2,22,23,24);1H. The Morgan fingerprint density at radius 3 is 2.39 bits per heavy atom. The molecule has 0 spiro atoms. The Bertz CT molecular complexity index is 708. The number of ether oxygens (including phenoxy) is 3. The summed E-state index contributed by atoms with van der Waals surface area (Å²) in [7, 11) is 5.14. The van der Waals surface area contributed by atoms with Gasteiger partial charge in [0.25, 0.3) is 0 Å². The van der Waals surface area contributed by atoms with Gasteiger partial charge >= 0.3 is 0 Å². The van der Waals surface area contributed by atoms with Gasteiger partial charge in [-0.25, -0.2) is 0 Å². The van der Waals surface area contributed by atoms with E-state index in [1.807, 2.05) is 24.3 Å². The molecule has 0 fully saturated rings. The fourth-order valence-electron chi connectivity index (χ4n) is 2.48. The highest BCUT2D eigenvalue weighted by Crippen LogP contribution is 2.17. The van der Waals surface area contributed by atoms with Crippen molar-refractivity contribution in [1.29, 1.82) is 0 Å². The molecule has 0 heterocycles. The summed E-state index contributed by atoms with van der Waals surface area (Å²) in [5.74, 6) is 1.52. The smallest absolute Gasteiger partial charge is 0.195 e. The maximum Gasteiger partial charge on any atom is 0.195 e. The summed E-state index contributed by atoms with van der Waals surface area (Å²) in [4.78, 5) is 4.28. The van der Waals surface area contributed by atoms with Crippen LogP contribution < -0.4 is 15.4 Å². The second-order valence-electron chi connectivity index (χ2n) is 6.02. The van der Waals surface area contributed by atoms with Gasteiger partial charge in [-0.3, -0.25) is 4.99 Å². The molecule has 2 aromatic carbocycles. The zero-order chi connectivity index (χ0) is 19.3. The Kier molecular flexibility index (Phi) is 12.3. The van der Waals surface area contributed by atoms with Gasteiger partial charge in [0.15, 0.2) is 5.96 Å². The van der Waals surface area contributed by atoms with Gasteiger partial charge in [-0.2, -0.15) is 0 Å². The van der Waals surface area contributed by atoms with Crippen molar-refractivity contribution in [2.24, 2.45) is 4.99 Å². The van der Waals surface area contributed by atoms with Crippen LogP contribution in [0, 0.1) is 0 Å². The minimum absolute atomic E-state index is 0. The molecular formula is C21H30IN3O3. The first-order valence-corrected chi connectivity index (χ1v) is 9.01. The lowest BCUT2D eigenvalue weighted by molar-refractivity contribution is 0.172. The van der Waals surface area contributed by atoms with Crippen LogP contribution in [0.15, 0.2) is 53.5 Å². The first-order valence-electron chi connectivity index (χ1n) is 9.01. The molecule has 154 valence electrons. The van der Waals surface area contributed by atoms with Crippen molar-refractivity contribution in [2.75, 3.05) is 39.8 Å². The highest BCUT2D eigenvalue weighted by Gasteiger charge is 2.02. The molecule has 0 aliphatic rings. The molecule has 0 bridgehead atoms. The van der Waals surface area contributed by atoms with Crippen LogP contribution in [0.5, 0.6) is 5.75 Å². The van der Waals surface area contributed by atoms with E-state index in [1.54, 1.807) is 21.3 Å². The van der Waals surface area contributed by atoms with Crippen molar-refractivity contribution in [2.45, 2.75) is 19.6 Å². The predicted octanol–water partition coefficient (Wildman–Crippen LogP) is 4.05. The quantitative estimate of drug-likeness (QED) is 0.224. The van der Waals surface area contributed by atoms with Crippen LogP contribution in [-0.4, -0.2) is 40.4 Å². The lowest BCUT2D eigenvalue weighted by Crippen LogP contribution is -2.30. The molecule has 0 aliphatic carbocycles. The number of hydrogen-bond donors (Lipinski definition) is 2. The highest BCUT2D eigenvalue weighted by molar-refractivity contribution is 14.0. The number of methoxy groups -OCH3 is 2. The van der Waals surface area contributed by atoms with Crippen LogP contribution in [0.25, 0.3) is 0 Å². The van der Waals surface area contributed by atoms with Crippen LogP contribution in [-0.2, 0) is 22.6 Å². The highest BCUT2D eigenvalue weighted by atomic mass is 127. The van der Waals surface area contributed by atoms with Crippen molar-refractivity contribution >= 4 is 35.6 Å². The first kappa shape index (κ1) is 24.2. The minimum atomic E-state index is 0. The summed E-state index contributed by atoms with van der Waals surface area (Å²) in [5, 5.41) is 6.60. The van der Waals surface area contributed by atoms with E-state index in [-0.39, 0.29) is 24.0 Å². The lowest BCUT2D eigenvalue weighted by Gasteiger charge is -2.13. The predicted molar refractivity (Wildman–Crippen MR) is 125 cm³/mol. The van der Waals surface area contributed by atoms with E-state index in [0.29, 0.717) is 32.3 Å². The average molecular weight is 499 g/mol. The van der Waals surface area contributed by atoms with Gasteiger partial charge in [-0.1, -0.05) is 30.3 Å². The van der Waals surface area contributed by atoms with Crippen LogP contribution in [0.1, 0.15) is 17.5 Å². The fourth-order valence-corrected chi connectivity index (χ4v) is 2.48. The Morgan fingerprint density at radius 2 is 1.71 bits per heavy atom. The minimum Gasteiger partial charge on any atom is -0.493 e. The molecule has 2 aromatic rings. The summed E-state index contributed by atoms with van der Waals surface area (Å²) in [6.45, 7) is 2.63. The zero-order valence-corrected chi connectivity index (χ0v) is 19.1. The van der Waals surface area contributed by atoms with Crippen molar-refractivity contribution in [3.63, 3.8) is 0 Å². The van der Waals surface area contributed by atoms with Gasteiger partial charge in [0.1, 0.15) is 5.75 Å². The number of hydrogen-bond acceptors (Lipinski definition) is 4. The van der Waals surface area contributed by atoms with E-state index < -0.39 is 0 Å². The lowest BCUT2D eigenvalue weighted by atomic mass is 10.1. The third-order valence-corrected chi connectivity index (χ3v) is 3.88. The van der Waals surface area contributed by atoms with Crippen molar-refractivity contribution in [3.8, 4) is 5.75 Å². The molecule has 0 amide bonds. The number of halogens is 1. The third kappa shape index (κ3) is 8.90. The second kappa shape index (κ2) is 14.2. The Hall–Kier alpha value is -1.84. The first-order chi connectivity index (χ1) is 13.2. The SMILES string of the molecule is CN=C(NCc1ccc(COC)cc1)Nc1cccc(OCCCOC)c1.I. The van der Waals surface area contributed by atoms with Crippen LogP contribution >= 0.6 is 24.0 Å². The number of aliphatic imine (C=N–C) groups is 1. The largest absolute Gasteiger partial charge is 0.493 e. The number of benzene rings is 2. The number of rotatable bonds is 10. The third-order valence-electron chi connectivity index (χ3n) is 3.88. The molecule has 0 aromatic heterocycles. The number of guanidine groups is 1. The summed E-state index contributed by atoms with van der Waals surface area (Å²) >= 11 is 0. The molecule has 0 radical (unpaired) electrons. The molecule has 0 saturated heterocycles. The monoisotopic (exact) mass is 499 g/mol. The number of nitrogens with one attached hydrogen (secondary N) is 2. The molecule has 0 atom stereocenters. The molecule has 28 heavy (non-hydrogen) atoms. The van der Waals surface area contributed by atoms with E-state index in [4.69, 9.17) is 14.2 Å². The molecule has 2 rings (SSSR count). The molecule has 0 unspecified atom stereocenters. The van der Waals surface area contributed by atoms with Crippen LogP contribution in [0.3, 0.4) is 0 Å². The normalized spacial score (nSPS) is 10.9. The van der Waals surface area contributed by atoms with Crippen LogP contribution in [0.2, 0.25) is 0 Å². The molecular weight excluding hydrogens is 469 g/mol. The second-order valence-corrected chi connectivity index (χ2v) is 6.02. The van der Waals surface area contributed by atoms with Gasteiger partial charge in [0.2, 0.25) is 0 Å². The van der Waals surface area contributed by atoms with E-state index in [2.05, 4.69) is 39.9 Å². The van der Waals surface area contributed by atoms with E-state index in [1.165, 1.54) is 5.56 Å². The van der Waals surface area contributed by atoms with Crippen molar-refractivity contribution < 1.29 is 14.2 Å². The van der Waals surface area contributed by atoms with Gasteiger partial charge < -0.3 is 24.8 Å². The van der Waals surface area contributed by atoms with Gasteiger partial charge in [-0.15, -0.1) is 24.0 Å². The molecule has 7 heteroatoms. The maximum absolute atomic E-state index is 5.73. The Labute approximate surface area is 184 Å². The summed E-state index contributed by atoms with van der Waals surface area (Å²) < 4.78 is 15.9. The van der Waals surface area contributed by atoms with Gasteiger partial charge in [0, 0.05) is 52.6 Å². The summed E-state index contributed by atoms with van der Waals surface area (Å²) in [5.41, 5.74) is 3.25. The molecule has 2 N–H and O–H groups in total. The number of anilines is 1. The summed E-state index contributed by atoms with van der Waals surface area (Å²) in [6.07, 6.45) is 0.862. The van der Waals surface area contributed by atoms with Gasteiger partial charge in [0.05, 0.1) is 13.2 Å². The van der Waals surface area contributed by atoms with E-state index >= 15 is 0 Å². The van der Waals surface area contributed by atoms with Crippen LogP contribution in [0.4, 0.5) is 5.69 Å². The number of nitrogens with zero attached hydrogens (tertiary/aromatic N) is 1. The average Bonchev–Trinajstić information content (AvgIpc) is 2.70. The Balaban J connectivity index is 0.00000392. The van der Waals surface area contributed by atoms with E-state index in [9.17, 15) is 0 Å². The van der Waals surface area contributed by atoms with E-state index in [0.717, 1.165) is 23.4 Å². The zero-order valence-electron chi connectivity index (χ0n) is 16.7. The van der Waals surface area contributed by atoms with Gasteiger partial charge in [-0.05, 0) is 23.3 Å². The molecule has 0 saturated carbocycles. The maximum atomic E-state index is 5.73.